The SMILES string of the molecule is CCNC(CN1CCCC1C(C)C)(C(=O)OCC)C1CC1. The van der Waals surface area contributed by atoms with Crippen molar-refractivity contribution < 1.29 is 9.53 Å². The summed E-state index contributed by atoms with van der Waals surface area (Å²) in [5.74, 6) is 1.06. The van der Waals surface area contributed by atoms with E-state index in [-0.39, 0.29) is 5.97 Å². The van der Waals surface area contributed by atoms with Crippen molar-refractivity contribution in [1.82, 2.24) is 10.2 Å². The Balaban J connectivity index is 2.16. The first-order chi connectivity index (χ1) is 10.0. The predicted molar refractivity (Wildman–Crippen MR) is 85.2 cm³/mol. The van der Waals surface area contributed by atoms with Gasteiger partial charge in [-0.2, -0.15) is 0 Å². The van der Waals surface area contributed by atoms with E-state index in [0.29, 0.717) is 24.5 Å². The molecular weight excluding hydrogens is 264 g/mol. The maximum absolute atomic E-state index is 12.7. The molecule has 4 nitrogen and oxygen atoms in total. The Hall–Kier alpha value is -0.610. The molecular formula is C17H32N2O2. The fourth-order valence-electron chi connectivity index (χ4n) is 3.91. The number of ether oxygens (including phenoxy) is 1. The van der Waals surface area contributed by atoms with Gasteiger partial charge in [0.05, 0.1) is 6.61 Å². The van der Waals surface area contributed by atoms with E-state index in [9.17, 15) is 4.79 Å². The van der Waals surface area contributed by atoms with Crippen molar-refractivity contribution in [3.8, 4) is 0 Å². The molecule has 2 aliphatic rings. The second-order valence-electron chi connectivity index (χ2n) is 6.92. The van der Waals surface area contributed by atoms with Crippen molar-refractivity contribution in [2.75, 3.05) is 26.2 Å². The van der Waals surface area contributed by atoms with E-state index in [0.717, 1.165) is 32.5 Å². The van der Waals surface area contributed by atoms with Crippen LogP contribution in [-0.4, -0.2) is 48.7 Å². The summed E-state index contributed by atoms with van der Waals surface area (Å²) in [6.07, 6.45) is 4.80. The highest BCUT2D eigenvalue weighted by Crippen LogP contribution is 2.42. The van der Waals surface area contributed by atoms with Gasteiger partial charge < -0.3 is 10.1 Å². The number of carbonyl (C=O) groups excluding carboxylic acids is 1. The number of nitrogens with one attached hydrogen (secondary N) is 1. The zero-order valence-electron chi connectivity index (χ0n) is 14.2. The van der Waals surface area contributed by atoms with Gasteiger partial charge >= 0.3 is 5.97 Å². The summed E-state index contributed by atoms with van der Waals surface area (Å²) in [7, 11) is 0. The van der Waals surface area contributed by atoms with Crippen LogP contribution >= 0.6 is 0 Å². The van der Waals surface area contributed by atoms with Crippen LogP contribution in [0.1, 0.15) is 53.4 Å². The van der Waals surface area contributed by atoms with Crippen LogP contribution in [0.3, 0.4) is 0 Å². The summed E-state index contributed by atoms with van der Waals surface area (Å²) >= 11 is 0. The Morgan fingerprint density at radius 1 is 1.33 bits per heavy atom. The second-order valence-corrected chi connectivity index (χ2v) is 6.92. The van der Waals surface area contributed by atoms with Gasteiger partial charge in [-0.1, -0.05) is 20.8 Å². The number of hydrogen-bond acceptors (Lipinski definition) is 4. The number of nitrogens with zero attached hydrogens (tertiary/aromatic N) is 1. The topological polar surface area (TPSA) is 41.6 Å². The number of rotatable bonds is 8. The largest absolute Gasteiger partial charge is 0.465 e. The highest BCUT2D eigenvalue weighted by Gasteiger charge is 2.53. The molecule has 0 aromatic carbocycles. The van der Waals surface area contributed by atoms with Crippen LogP contribution in [0, 0.1) is 11.8 Å². The molecule has 0 spiro atoms. The number of carbonyl (C=O) groups is 1. The summed E-state index contributed by atoms with van der Waals surface area (Å²) in [5, 5.41) is 3.51. The number of likely N-dealkylation sites (tertiary alicyclic amines) is 1. The molecule has 0 amide bonds. The Bertz CT molecular complexity index is 355. The standard InChI is InChI=1S/C17H32N2O2/c1-5-18-17(14-9-10-14,16(20)21-6-2)12-19-11-7-8-15(19)13(3)4/h13-15,18H,5-12H2,1-4H3. The third-order valence-corrected chi connectivity index (χ3v) is 5.04. The summed E-state index contributed by atoms with van der Waals surface area (Å²) in [6, 6.07) is 0.608. The average molecular weight is 296 g/mol. The van der Waals surface area contributed by atoms with Crippen molar-refractivity contribution in [1.29, 1.82) is 0 Å². The van der Waals surface area contributed by atoms with Crippen LogP contribution in [-0.2, 0) is 9.53 Å². The molecule has 1 saturated carbocycles. The normalized spacial score (nSPS) is 26.0. The van der Waals surface area contributed by atoms with Crippen LogP contribution in [0.2, 0.25) is 0 Å². The molecule has 0 radical (unpaired) electrons. The van der Waals surface area contributed by atoms with Crippen LogP contribution in [0.4, 0.5) is 0 Å². The molecule has 2 rings (SSSR count). The highest BCUT2D eigenvalue weighted by molar-refractivity contribution is 5.82. The lowest BCUT2D eigenvalue weighted by Crippen LogP contribution is -2.62. The molecule has 4 heteroatoms. The smallest absolute Gasteiger partial charge is 0.327 e. The molecule has 2 unspecified atom stereocenters. The summed E-state index contributed by atoms with van der Waals surface area (Å²) in [5.41, 5.74) is -0.484. The van der Waals surface area contributed by atoms with Gasteiger partial charge in [0.25, 0.3) is 0 Å². The van der Waals surface area contributed by atoms with Crippen LogP contribution in [0.5, 0.6) is 0 Å². The third kappa shape index (κ3) is 3.59. The van der Waals surface area contributed by atoms with E-state index in [1.54, 1.807) is 0 Å². The van der Waals surface area contributed by atoms with Crippen LogP contribution < -0.4 is 5.32 Å². The zero-order valence-corrected chi connectivity index (χ0v) is 14.2. The second kappa shape index (κ2) is 7.10. The summed E-state index contributed by atoms with van der Waals surface area (Å²) in [6.45, 7) is 11.8. The maximum Gasteiger partial charge on any atom is 0.327 e. The molecule has 0 aromatic rings. The lowest BCUT2D eigenvalue weighted by Gasteiger charge is -2.39. The van der Waals surface area contributed by atoms with Crippen molar-refractivity contribution in [2.45, 2.75) is 65.0 Å². The van der Waals surface area contributed by atoms with Crippen LogP contribution in [0.15, 0.2) is 0 Å². The third-order valence-electron chi connectivity index (χ3n) is 5.04. The molecule has 0 aromatic heterocycles. The maximum atomic E-state index is 12.7. The van der Waals surface area contributed by atoms with Gasteiger partial charge in [0.2, 0.25) is 0 Å². The van der Waals surface area contributed by atoms with Crippen molar-refractivity contribution in [2.24, 2.45) is 11.8 Å². The van der Waals surface area contributed by atoms with Gasteiger partial charge in [-0.15, -0.1) is 0 Å². The molecule has 1 heterocycles. The fourth-order valence-corrected chi connectivity index (χ4v) is 3.91. The first-order valence-corrected chi connectivity index (χ1v) is 8.71. The molecule has 1 saturated heterocycles. The first-order valence-electron chi connectivity index (χ1n) is 8.71. The number of hydrogen-bond donors (Lipinski definition) is 1. The molecule has 21 heavy (non-hydrogen) atoms. The van der Waals surface area contributed by atoms with Gasteiger partial charge in [0, 0.05) is 12.6 Å². The van der Waals surface area contributed by atoms with E-state index in [1.807, 2.05) is 6.92 Å². The van der Waals surface area contributed by atoms with E-state index >= 15 is 0 Å². The van der Waals surface area contributed by atoms with Gasteiger partial charge in [0.1, 0.15) is 5.54 Å². The molecule has 2 fully saturated rings. The zero-order chi connectivity index (χ0) is 15.5. The minimum atomic E-state index is -0.484. The van der Waals surface area contributed by atoms with Gasteiger partial charge in [-0.25, -0.2) is 4.79 Å². The van der Waals surface area contributed by atoms with Gasteiger partial charge in [0.15, 0.2) is 0 Å². The predicted octanol–water partition coefficient (Wildman–Crippen LogP) is 2.43. The minimum Gasteiger partial charge on any atom is -0.465 e. The highest BCUT2D eigenvalue weighted by atomic mass is 16.5. The van der Waals surface area contributed by atoms with Crippen LogP contribution in [0.25, 0.3) is 0 Å². The van der Waals surface area contributed by atoms with Gasteiger partial charge in [-0.05, 0) is 57.5 Å². The molecule has 1 aliphatic heterocycles. The molecule has 1 N–H and O–H groups in total. The van der Waals surface area contributed by atoms with Crippen molar-refractivity contribution in [3.05, 3.63) is 0 Å². The quantitative estimate of drug-likeness (QED) is 0.699. The van der Waals surface area contributed by atoms with E-state index in [1.165, 1.54) is 12.8 Å². The number of likely N-dealkylation sites (N-methyl/N-ethyl adjacent to an activating group) is 1. The fraction of sp³-hybridized carbons (Fsp3) is 0.941. The first kappa shape index (κ1) is 16.8. The lowest BCUT2D eigenvalue weighted by molar-refractivity contribution is -0.153. The summed E-state index contributed by atoms with van der Waals surface area (Å²) in [4.78, 5) is 15.2. The van der Waals surface area contributed by atoms with E-state index < -0.39 is 5.54 Å². The Labute approximate surface area is 129 Å². The monoisotopic (exact) mass is 296 g/mol. The molecule has 2 atom stereocenters. The van der Waals surface area contributed by atoms with Gasteiger partial charge in [-0.3, -0.25) is 4.90 Å². The average Bonchev–Trinajstić information content (AvgIpc) is 3.18. The summed E-state index contributed by atoms with van der Waals surface area (Å²) < 4.78 is 5.44. The minimum absolute atomic E-state index is 0.0382. The van der Waals surface area contributed by atoms with E-state index in [4.69, 9.17) is 4.74 Å². The van der Waals surface area contributed by atoms with Crippen molar-refractivity contribution in [3.63, 3.8) is 0 Å². The molecule has 1 aliphatic carbocycles. The number of esters is 1. The van der Waals surface area contributed by atoms with Crippen molar-refractivity contribution >= 4 is 5.97 Å². The Morgan fingerprint density at radius 3 is 2.57 bits per heavy atom. The van der Waals surface area contributed by atoms with E-state index in [2.05, 4.69) is 31.0 Å². The Morgan fingerprint density at radius 2 is 2.05 bits per heavy atom. The molecule has 0 bridgehead atoms. The Kier molecular flexibility index (Phi) is 5.67. The molecule has 122 valence electrons. The lowest BCUT2D eigenvalue weighted by atomic mass is 9.90.